The van der Waals surface area contributed by atoms with Gasteiger partial charge in [0.05, 0.1) is 16.7 Å². The van der Waals surface area contributed by atoms with Gasteiger partial charge in [0.25, 0.3) is 0 Å². The molecule has 1 saturated carbocycles. The Morgan fingerprint density at radius 2 is 2.05 bits per heavy atom. The topological polar surface area (TPSA) is 18.5 Å². The van der Waals surface area contributed by atoms with Gasteiger partial charge in [-0.3, -0.25) is 0 Å². The van der Waals surface area contributed by atoms with Gasteiger partial charge in [-0.25, -0.2) is 4.39 Å². The van der Waals surface area contributed by atoms with E-state index in [-0.39, 0.29) is 17.5 Å². The molecule has 0 N–H and O–H groups in total. The second-order valence-electron chi connectivity index (χ2n) is 5.90. The van der Waals surface area contributed by atoms with Gasteiger partial charge in [0.15, 0.2) is 0 Å². The van der Waals surface area contributed by atoms with E-state index < -0.39 is 0 Å². The summed E-state index contributed by atoms with van der Waals surface area (Å²) in [4.78, 5) is 0. The van der Waals surface area contributed by atoms with Crippen LogP contribution in [0.3, 0.4) is 0 Å². The largest absolute Gasteiger partial charge is 0.489 e. The molecule has 110 valence electrons. The lowest BCUT2D eigenvalue weighted by molar-refractivity contribution is -0.129. The molecule has 2 nitrogen and oxygen atoms in total. The van der Waals surface area contributed by atoms with Crippen molar-refractivity contribution in [1.29, 1.82) is 0 Å². The molecule has 1 saturated heterocycles. The maximum Gasteiger partial charge on any atom is 0.134 e. The Balaban J connectivity index is 1.68. The van der Waals surface area contributed by atoms with Crippen molar-refractivity contribution in [2.75, 3.05) is 6.61 Å². The van der Waals surface area contributed by atoms with Gasteiger partial charge in [0, 0.05) is 12.8 Å². The fourth-order valence-electron chi connectivity index (χ4n) is 3.38. The van der Waals surface area contributed by atoms with E-state index in [1.165, 1.54) is 31.4 Å². The lowest BCUT2D eigenvalue weighted by Crippen LogP contribution is -2.45. The van der Waals surface area contributed by atoms with E-state index in [1.54, 1.807) is 6.07 Å². The van der Waals surface area contributed by atoms with Crippen LogP contribution in [0, 0.1) is 5.82 Å². The zero-order chi connectivity index (χ0) is 14.0. The Morgan fingerprint density at radius 1 is 1.25 bits per heavy atom. The molecule has 1 spiro atoms. The third kappa shape index (κ3) is 3.17. The smallest absolute Gasteiger partial charge is 0.134 e. The summed E-state index contributed by atoms with van der Waals surface area (Å²) < 4.78 is 25.9. The van der Waals surface area contributed by atoms with Crippen LogP contribution in [0.15, 0.2) is 22.7 Å². The second kappa shape index (κ2) is 6.02. The molecule has 1 aromatic carbocycles. The monoisotopic (exact) mass is 342 g/mol. The van der Waals surface area contributed by atoms with Crippen molar-refractivity contribution in [2.45, 2.75) is 56.7 Å². The van der Waals surface area contributed by atoms with Gasteiger partial charge in [-0.1, -0.05) is 19.3 Å². The minimum atomic E-state index is -0.250. The van der Waals surface area contributed by atoms with E-state index in [9.17, 15) is 4.39 Å². The average molecular weight is 343 g/mol. The highest BCUT2D eigenvalue weighted by molar-refractivity contribution is 9.10. The molecule has 2 fully saturated rings. The van der Waals surface area contributed by atoms with Crippen LogP contribution < -0.4 is 4.74 Å². The summed E-state index contributed by atoms with van der Waals surface area (Å²) in [7, 11) is 0. The van der Waals surface area contributed by atoms with E-state index in [4.69, 9.17) is 9.47 Å². The van der Waals surface area contributed by atoms with Crippen molar-refractivity contribution < 1.29 is 13.9 Å². The fraction of sp³-hybridized carbons (Fsp3) is 0.625. The van der Waals surface area contributed by atoms with Crippen molar-refractivity contribution in [3.05, 3.63) is 28.5 Å². The average Bonchev–Trinajstić information content (AvgIpc) is 2.43. The Labute approximate surface area is 127 Å². The Hall–Kier alpha value is -0.610. The normalized spacial score (nSPS) is 25.6. The third-order valence-corrected chi connectivity index (χ3v) is 5.02. The van der Waals surface area contributed by atoms with Crippen molar-refractivity contribution >= 4 is 15.9 Å². The van der Waals surface area contributed by atoms with Crippen LogP contribution in [0.1, 0.15) is 44.9 Å². The molecule has 4 heteroatoms. The van der Waals surface area contributed by atoms with E-state index in [2.05, 4.69) is 15.9 Å². The molecular formula is C16H20BrFO2. The zero-order valence-corrected chi connectivity index (χ0v) is 13.1. The quantitative estimate of drug-likeness (QED) is 0.764. The molecule has 1 aromatic rings. The lowest BCUT2D eigenvalue weighted by Gasteiger charge is -2.43. The standard InChI is InChI=1S/C16H20BrFO2/c17-14-10-12(18)4-5-15(14)20-13-6-9-19-16(11-13)7-2-1-3-8-16/h4-5,10,13H,1-3,6-9,11H2. The maximum absolute atomic E-state index is 13.1. The second-order valence-corrected chi connectivity index (χ2v) is 6.75. The summed E-state index contributed by atoms with van der Waals surface area (Å²) in [5.41, 5.74) is 0.0354. The van der Waals surface area contributed by atoms with Crippen LogP contribution in [0.5, 0.6) is 5.75 Å². The summed E-state index contributed by atoms with van der Waals surface area (Å²) in [5, 5.41) is 0. The predicted octanol–water partition coefficient (Wildman–Crippen LogP) is 4.85. The van der Waals surface area contributed by atoms with E-state index in [0.29, 0.717) is 4.47 Å². The Bertz CT molecular complexity index is 466. The zero-order valence-electron chi connectivity index (χ0n) is 11.5. The molecular weight excluding hydrogens is 323 g/mol. The molecule has 1 aliphatic carbocycles. The molecule has 1 heterocycles. The first-order valence-electron chi connectivity index (χ1n) is 7.43. The van der Waals surface area contributed by atoms with E-state index in [1.807, 2.05) is 0 Å². The number of ether oxygens (including phenoxy) is 2. The first kappa shape index (κ1) is 14.3. The molecule has 3 rings (SSSR count). The summed E-state index contributed by atoms with van der Waals surface area (Å²) in [6, 6.07) is 4.59. The van der Waals surface area contributed by atoms with Gasteiger partial charge in [-0.15, -0.1) is 0 Å². The lowest BCUT2D eigenvalue weighted by atomic mass is 9.79. The number of hydrogen-bond acceptors (Lipinski definition) is 2. The van der Waals surface area contributed by atoms with Crippen LogP contribution in [-0.2, 0) is 4.74 Å². The molecule has 1 unspecified atom stereocenters. The molecule has 0 bridgehead atoms. The summed E-state index contributed by atoms with van der Waals surface area (Å²) in [6.45, 7) is 0.767. The van der Waals surface area contributed by atoms with Crippen molar-refractivity contribution in [3.63, 3.8) is 0 Å². The van der Waals surface area contributed by atoms with Gasteiger partial charge in [-0.2, -0.15) is 0 Å². The highest BCUT2D eigenvalue weighted by atomic mass is 79.9. The van der Waals surface area contributed by atoms with Crippen LogP contribution in [-0.4, -0.2) is 18.3 Å². The van der Waals surface area contributed by atoms with Gasteiger partial charge in [0.1, 0.15) is 17.7 Å². The van der Waals surface area contributed by atoms with Crippen molar-refractivity contribution in [1.82, 2.24) is 0 Å². The summed E-state index contributed by atoms with van der Waals surface area (Å²) >= 11 is 3.37. The molecule has 1 aliphatic heterocycles. The number of hydrogen-bond donors (Lipinski definition) is 0. The van der Waals surface area contributed by atoms with Gasteiger partial charge in [0.2, 0.25) is 0 Å². The minimum absolute atomic E-state index is 0.0354. The van der Waals surface area contributed by atoms with Crippen molar-refractivity contribution in [2.24, 2.45) is 0 Å². The summed E-state index contributed by atoms with van der Waals surface area (Å²) in [5.74, 6) is 0.476. The molecule has 20 heavy (non-hydrogen) atoms. The number of benzene rings is 1. The third-order valence-electron chi connectivity index (χ3n) is 4.40. The maximum atomic E-state index is 13.1. The number of rotatable bonds is 2. The van der Waals surface area contributed by atoms with Crippen LogP contribution in [0.25, 0.3) is 0 Å². The van der Waals surface area contributed by atoms with E-state index in [0.717, 1.165) is 38.0 Å². The predicted molar refractivity (Wildman–Crippen MR) is 79.5 cm³/mol. The van der Waals surface area contributed by atoms with Gasteiger partial charge in [-0.05, 0) is 47.0 Å². The van der Waals surface area contributed by atoms with Crippen LogP contribution in [0.4, 0.5) is 4.39 Å². The number of halogens is 2. The first-order valence-corrected chi connectivity index (χ1v) is 8.22. The Morgan fingerprint density at radius 3 is 2.80 bits per heavy atom. The fourth-order valence-corrected chi connectivity index (χ4v) is 3.82. The van der Waals surface area contributed by atoms with Crippen molar-refractivity contribution in [3.8, 4) is 5.75 Å². The summed E-state index contributed by atoms with van der Waals surface area (Å²) in [6.07, 6.45) is 8.17. The van der Waals surface area contributed by atoms with Gasteiger partial charge < -0.3 is 9.47 Å². The highest BCUT2D eigenvalue weighted by Crippen LogP contribution is 2.40. The molecule has 0 amide bonds. The van der Waals surface area contributed by atoms with E-state index >= 15 is 0 Å². The molecule has 2 aliphatic rings. The molecule has 0 aromatic heterocycles. The van der Waals surface area contributed by atoms with Crippen LogP contribution in [0.2, 0.25) is 0 Å². The first-order chi connectivity index (χ1) is 9.67. The van der Waals surface area contributed by atoms with Crippen LogP contribution >= 0.6 is 15.9 Å². The Kier molecular flexibility index (Phi) is 4.32. The van der Waals surface area contributed by atoms with Gasteiger partial charge >= 0.3 is 0 Å². The molecule has 1 atom stereocenters. The highest BCUT2D eigenvalue weighted by Gasteiger charge is 2.39. The SMILES string of the molecule is Fc1ccc(OC2CCOC3(CCCCC3)C2)c(Br)c1. The molecule has 0 radical (unpaired) electrons. The minimum Gasteiger partial charge on any atom is -0.489 e.